The predicted octanol–water partition coefficient (Wildman–Crippen LogP) is 3.92. The van der Waals surface area contributed by atoms with Crippen molar-refractivity contribution in [2.45, 2.75) is 65.5 Å². The van der Waals surface area contributed by atoms with Crippen molar-refractivity contribution >= 4 is 27.5 Å². The Balaban J connectivity index is 2.12. The second-order valence-corrected chi connectivity index (χ2v) is 10.9. The zero-order valence-electron chi connectivity index (χ0n) is 21.5. The number of rotatable bonds is 13. The molecule has 192 valence electrons. The molecule has 0 unspecified atom stereocenters. The summed E-state index contributed by atoms with van der Waals surface area (Å²) in [5.41, 5.74) is 2.55. The van der Waals surface area contributed by atoms with Gasteiger partial charge in [-0.25, -0.2) is 8.42 Å². The number of para-hydroxylation sites is 1. The van der Waals surface area contributed by atoms with Crippen molar-refractivity contribution in [3.8, 4) is 0 Å². The Morgan fingerprint density at radius 2 is 1.60 bits per heavy atom. The molecule has 0 fully saturated rings. The molecule has 0 aromatic heterocycles. The number of carbonyl (C=O) groups is 2. The van der Waals surface area contributed by atoms with Crippen LogP contribution in [0.4, 0.5) is 5.69 Å². The first-order valence-corrected chi connectivity index (χ1v) is 14.1. The van der Waals surface area contributed by atoms with Crippen molar-refractivity contribution in [1.29, 1.82) is 0 Å². The second-order valence-electron chi connectivity index (χ2n) is 9.04. The summed E-state index contributed by atoms with van der Waals surface area (Å²) in [6.07, 6.45) is 3.10. The van der Waals surface area contributed by atoms with E-state index in [0.29, 0.717) is 25.1 Å². The maximum Gasteiger partial charge on any atom is 0.242 e. The molecule has 2 atom stereocenters. The Morgan fingerprint density at radius 1 is 0.971 bits per heavy atom. The van der Waals surface area contributed by atoms with E-state index < -0.39 is 16.1 Å². The fourth-order valence-electron chi connectivity index (χ4n) is 3.86. The second kappa shape index (κ2) is 13.3. The van der Waals surface area contributed by atoms with Gasteiger partial charge in [-0.05, 0) is 57.2 Å². The Morgan fingerprint density at radius 3 is 2.20 bits per heavy atom. The van der Waals surface area contributed by atoms with Gasteiger partial charge in [-0.3, -0.25) is 13.9 Å². The van der Waals surface area contributed by atoms with Crippen LogP contribution in [0.2, 0.25) is 0 Å². The van der Waals surface area contributed by atoms with Crippen LogP contribution in [0, 0.1) is 6.92 Å². The maximum atomic E-state index is 13.3. The zero-order valence-corrected chi connectivity index (χ0v) is 22.3. The number of amides is 2. The van der Waals surface area contributed by atoms with E-state index in [1.54, 1.807) is 24.0 Å². The highest BCUT2D eigenvalue weighted by atomic mass is 32.2. The van der Waals surface area contributed by atoms with Gasteiger partial charge in [-0.15, -0.1) is 0 Å². The van der Waals surface area contributed by atoms with E-state index >= 15 is 0 Å². The van der Waals surface area contributed by atoms with Crippen molar-refractivity contribution in [1.82, 2.24) is 10.2 Å². The number of aryl methyl sites for hydroxylation is 1. The third-order valence-electron chi connectivity index (χ3n) is 6.19. The lowest BCUT2D eigenvalue weighted by atomic mass is 10.1. The molecule has 35 heavy (non-hydrogen) atoms. The molecule has 2 aromatic carbocycles. The minimum atomic E-state index is -3.51. The van der Waals surface area contributed by atoms with Gasteiger partial charge in [0.15, 0.2) is 0 Å². The van der Waals surface area contributed by atoms with Crippen molar-refractivity contribution in [3.05, 3.63) is 65.7 Å². The fraction of sp³-hybridized carbons (Fsp3) is 0.481. The highest BCUT2D eigenvalue weighted by Gasteiger charge is 2.27. The summed E-state index contributed by atoms with van der Waals surface area (Å²) >= 11 is 0. The SMILES string of the molecule is CC[C@H](C)NC(=O)[C@@H](C)N(CCc1ccccc1)C(=O)CCCN(c1ccccc1C)S(C)(=O)=O. The number of anilines is 1. The van der Waals surface area contributed by atoms with Gasteiger partial charge in [0.2, 0.25) is 21.8 Å². The molecule has 8 heteroatoms. The summed E-state index contributed by atoms with van der Waals surface area (Å²) < 4.78 is 26.3. The first-order chi connectivity index (χ1) is 16.5. The zero-order chi connectivity index (χ0) is 26.0. The van der Waals surface area contributed by atoms with E-state index in [-0.39, 0.29) is 30.8 Å². The molecule has 0 aliphatic heterocycles. The van der Waals surface area contributed by atoms with E-state index in [0.717, 1.165) is 17.5 Å². The van der Waals surface area contributed by atoms with E-state index in [1.807, 2.05) is 63.2 Å². The Kier molecular flexibility index (Phi) is 10.8. The minimum Gasteiger partial charge on any atom is -0.352 e. The van der Waals surface area contributed by atoms with Crippen molar-refractivity contribution in [2.24, 2.45) is 0 Å². The quantitative estimate of drug-likeness (QED) is 0.451. The predicted molar refractivity (Wildman–Crippen MR) is 142 cm³/mol. The molecule has 0 aliphatic carbocycles. The molecule has 0 bridgehead atoms. The van der Waals surface area contributed by atoms with E-state index in [9.17, 15) is 18.0 Å². The highest BCUT2D eigenvalue weighted by molar-refractivity contribution is 7.92. The number of benzene rings is 2. The minimum absolute atomic E-state index is 0.0217. The summed E-state index contributed by atoms with van der Waals surface area (Å²) in [6.45, 7) is 8.14. The topological polar surface area (TPSA) is 86.8 Å². The van der Waals surface area contributed by atoms with Crippen LogP contribution in [-0.2, 0) is 26.0 Å². The first kappa shape index (κ1) is 28.4. The standard InChI is InChI=1S/C27H39N3O4S/c1-6-22(3)28-27(32)23(4)29(20-18-24-14-8-7-9-15-24)26(31)17-12-19-30(35(5,33)34)25-16-11-10-13-21(25)2/h7-11,13-16,22-23H,6,12,17-20H2,1-5H3,(H,28,32)/t22-,23+/m0/s1. The van der Waals surface area contributed by atoms with E-state index in [2.05, 4.69) is 5.32 Å². The van der Waals surface area contributed by atoms with Crippen LogP contribution >= 0.6 is 0 Å². The summed E-state index contributed by atoms with van der Waals surface area (Å²) in [7, 11) is -3.51. The smallest absolute Gasteiger partial charge is 0.242 e. The molecule has 0 radical (unpaired) electrons. The number of hydrogen-bond acceptors (Lipinski definition) is 4. The Bertz CT molecular complexity index is 1070. The summed E-state index contributed by atoms with van der Waals surface area (Å²) in [6, 6.07) is 16.5. The monoisotopic (exact) mass is 501 g/mol. The number of hydrogen-bond donors (Lipinski definition) is 1. The van der Waals surface area contributed by atoms with Crippen LogP contribution in [0.5, 0.6) is 0 Å². The van der Waals surface area contributed by atoms with Crippen LogP contribution in [0.15, 0.2) is 54.6 Å². The molecule has 2 rings (SSSR count). The lowest BCUT2D eigenvalue weighted by Crippen LogP contribution is -2.50. The van der Waals surface area contributed by atoms with Crippen LogP contribution in [0.1, 0.15) is 51.2 Å². The van der Waals surface area contributed by atoms with E-state index in [1.165, 1.54) is 10.6 Å². The number of nitrogens with one attached hydrogen (secondary N) is 1. The third-order valence-corrected chi connectivity index (χ3v) is 7.37. The average Bonchev–Trinajstić information content (AvgIpc) is 2.82. The largest absolute Gasteiger partial charge is 0.352 e. The van der Waals surface area contributed by atoms with Crippen LogP contribution in [-0.4, -0.2) is 56.6 Å². The number of sulfonamides is 1. The van der Waals surface area contributed by atoms with Gasteiger partial charge in [-0.1, -0.05) is 55.5 Å². The molecule has 0 heterocycles. The Labute approximate surface area is 210 Å². The molecule has 2 aromatic rings. The lowest BCUT2D eigenvalue weighted by molar-refractivity contribution is -0.140. The van der Waals surface area contributed by atoms with Gasteiger partial charge in [0.25, 0.3) is 0 Å². The normalized spacial score (nSPS) is 13.1. The molecule has 7 nitrogen and oxygen atoms in total. The third kappa shape index (κ3) is 8.69. The lowest BCUT2D eigenvalue weighted by Gasteiger charge is -2.30. The molecule has 1 N–H and O–H groups in total. The van der Waals surface area contributed by atoms with Gasteiger partial charge in [0.05, 0.1) is 11.9 Å². The van der Waals surface area contributed by atoms with Gasteiger partial charge >= 0.3 is 0 Å². The number of nitrogens with zero attached hydrogens (tertiary/aromatic N) is 2. The van der Waals surface area contributed by atoms with Crippen molar-refractivity contribution < 1.29 is 18.0 Å². The van der Waals surface area contributed by atoms with Gasteiger partial charge in [-0.2, -0.15) is 0 Å². The van der Waals surface area contributed by atoms with Crippen LogP contribution < -0.4 is 9.62 Å². The van der Waals surface area contributed by atoms with Crippen LogP contribution in [0.25, 0.3) is 0 Å². The van der Waals surface area contributed by atoms with Crippen molar-refractivity contribution in [2.75, 3.05) is 23.7 Å². The van der Waals surface area contributed by atoms with Gasteiger partial charge < -0.3 is 10.2 Å². The molecular weight excluding hydrogens is 462 g/mol. The average molecular weight is 502 g/mol. The fourth-order valence-corrected chi connectivity index (χ4v) is 4.88. The van der Waals surface area contributed by atoms with Crippen molar-refractivity contribution in [3.63, 3.8) is 0 Å². The molecule has 0 spiro atoms. The first-order valence-electron chi connectivity index (χ1n) is 12.2. The Hall–Kier alpha value is -2.87. The highest BCUT2D eigenvalue weighted by Crippen LogP contribution is 2.22. The molecule has 0 aliphatic rings. The van der Waals surface area contributed by atoms with Gasteiger partial charge in [0.1, 0.15) is 6.04 Å². The van der Waals surface area contributed by atoms with E-state index in [4.69, 9.17) is 0 Å². The van der Waals surface area contributed by atoms with Gasteiger partial charge in [0, 0.05) is 25.6 Å². The summed E-state index contributed by atoms with van der Waals surface area (Å²) in [5, 5.41) is 2.96. The van der Waals surface area contributed by atoms with Crippen LogP contribution in [0.3, 0.4) is 0 Å². The molecular formula is C27H39N3O4S. The molecule has 2 amide bonds. The maximum absolute atomic E-state index is 13.3. The molecule has 0 saturated heterocycles. The summed E-state index contributed by atoms with van der Waals surface area (Å²) in [5.74, 6) is -0.343. The summed E-state index contributed by atoms with van der Waals surface area (Å²) in [4.78, 5) is 27.7. The molecule has 0 saturated carbocycles. The number of carbonyl (C=O) groups excluding carboxylic acids is 2.